The molecule has 1 atom stereocenters. The third kappa shape index (κ3) is 2.94. The number of fused-ring (bicyclic) bond motifs is 1. The quantitative estimate of drug-likeness (QED) is 0.883. The number of benzene rings is 2. The predicted molar refractivity (Wildman–Crippen MR) is 89.3 cm³/mol. The van der Waals surface area contributed by atoms with Crippen molar-refractivity contribution in [2.24, 2.45) is 0 Å². The van der Waals surface area contributed by atoms with Crippen molar-refractivity contribution in [2.75, 3.05) is 12.4 Å². The monoisotopic (exact) mass is 347 g/mol. The lowest BCUT2D eigenvalue weighted by atomic mass is 10.0. The Morgan fingerprint density at radius 3 is 2.54 bits per heavy atom. The lowest BCUT2D eigenvalue weighted by molar-refractivity contribution is 0.0696. The van der Waals surface area contributed by atoms with Gasteiger partial charge in [-0.05, 0) is 60.9 Å². The van der Waals surface area contributed by atoms with Gasteiger partial charge in [0.25, 0.3) is 0 Å². The van der Waals surface area contributed by atoms with Gasteiger partial charge >= 0.3 is 5.97 Å². The standard InChI is InChI=1S/C17H17NO5S/c1-23-13-5-8-15-12(10-13)4-9-16(18-15)24(21,22)14-6-2-11(3-7-14)17(19)20/h2-3,5-8,10,16,18H,4,9H2,1H3,(H,19,20). The Morgan fingerprint density at radius 1 is 1.21 bits per heavy atom. The molecular weight excluding hydrogens is 330 g/mol. The second kappa shape index (κ2) is 6.16. The number of rotatable bonds is 4. The van der Waals surface area contributed by atoms with Crippen LogP contribution in [-0.2, 0) is 16.3 Å². The van der Waals surface area contributed by atoms with Crippen LogP contribution in [-0.4, -0.2) is 32.0 Å². The first-order valence-electron chi connectivity index (χ1n) is 7.42. The summed E-state index contributed by atoms with van der Waals surface area (Å²) in [5.41, 5.74) is 1.85. The largest absolute Gasteiger partial charge is 0.497 e. The van der Waals surface area contributed by atoms with Gasteiger partial charge in [0.2, 0.25) is 0 Å². The molecule has 0 bridgehead atoms. The first kappa shape index (κ1) is 16.3. The molecule has 1 unspecified atom stereocenters. The lowest BCUT2D eigenvalue weighted by Gasteiger charge is -2.27. The third-order valence-corrected chi connectivity index (χ3v) is 6.14. The fraction of sp³-hybridized carbons (Fsp3) is 0.235. The summed E-state index contributed by atoms with van der Waals surface area (Å²) < 4.78 is 30.7. The number of carboxylic acids is 1. The summed E-state index contributed by atoms with van der Waals surface area (Å²) in [5.74, 6) is -0.348. The van der Waals surface area contributed by atoms with Crippen molar-refractivity contribution in [1.82, 2.24) is 0 Å². The van der Waals surface area contributed by atoms with E-state index < -0.39 is 21.2 Å². The van der Waals surface area contributed by atoms with Crippen LogP contribution >= 0.6 is 0 Å². The normalized spacial score (nSPS) is 16.8. The van der Waals surface area contributed by atoms with Crippen molar-refractivity contribution < 1.29 is 23.1 Å². The molecule has 0 spiro atoms. The van der Waals surface area contributed by atoms with Crippen LogP contribution in [0.5, 0.6) is 5.75 Å². The van der Waals surface area contributed by atoms with E-state index in [4.69, 9.17) is 9.84 Å². The minimum Gasteiger partial charge on any atom is -0.497 e. The summed E-state index contributed by atoms with van der Waals surface area (Å²) in [6.45, 7) is 0. The molecule has 0 saturated carbocycles. The van der Waals surface area contributed by atoms with Crippen LogP contribution in [0, 0.1) is 0 Å². The number of carboxylic acid groups (broad SMARTS) is 1. The van der Waals surface area contributed by atoms with Crippen molar-refractivity contribution in [3.05, 3.63) is 53.6 Å². The number of anilines is 1. The van der Waals surface area contributed by atoms with Crippen LogP contribution < -0.4 is 10.1 Å². The smallest absolute Gasteiger partial charge is 0.335 e. The summed E-state index contributed by atoms with van der Waals surface area (Å²) in [4.78, 5) is 11.0. The van der Waals surface area contributed by atoms with Gasteiger partial charge in [0, 0.05) is 5.69 Å². The average molecular weight is 347 g/mol. The lowest BCUT2D eigenvalue weighted by Crippen LogP contribution is -2.33. The van der Waals surface area contributed by atoms with E-state index in [0.29, 0.717) is 12.8 Å². The third-order valence-electron chi connectivity index (χ3n) is 4.11. The number of aromatic carboxylic acids is 1. The molecule has 0 fully saturated rings. The van der Waals surface area contributed by atoms with Crippen LogP contribution in [0.15, 0.2) is 47.4 Å². The van der Waals surface area contributed by atoms with Crippen LogP contribution in [0.3, 0.4) is 0 Å². The maximum atomic E-state index is 12.8. The van der Waals surface area contributed by atoms with E-state index in [1.807, 2.05) is 12.1 Å². The van der Waals surface area contributed by atoms with Crippen molar-refractivity contribution >= 4 is 21.5 Å². The van der Waals surface area contributed by atoms with E-state index in [2.05, 4.69) is 5.32 Å². The molecule has 0 aromatic heterocycles. The molecule has 1 aliphatic heterocycles. The fourth-order valence-corrected chi connectivity index (χ4v) is 4.32. The van der Waals surface area contributed by atoms with Gasteiger partial charge in [-0.1, -0.05) is 0 Å². The van der Waals surface area contributed by atoms with Crippen LogP contribution in [0.25, 0.3) is 0 Å². The summed E-state index contributed by atoms with van der Waals surface area (Å²) >= 11 is 0. The highest BCUT2D eigenvalue weighted by molar-refractivity contribution is 7.92. The summed E-state index contributed by atoms with van der Waals surface area (Å²) in [5, 5.41) is 11.2. The summed E-state index contributed by atoms with van der Waals surface area (Å²) in [6, 6.07) is 10.8. The van der Waals surface area contributed by atoms with Gasteiger partial charge < -0.3 is 15.2 Å². The molecule has 2 aromatic carbocycles. The predicted octanol–water partition coefficient (Wildman–Crippen LogP) is 2.55. The van der Waals surface area contributed by atoms with Gasteiger partial charge in [-0.2, -0.15) is 0 Å². The molecule has 126 valence electrons. The van der Waals surface area contributed by atoms with Crippen LogP contribution in [0.1, 0.15) is 22.3 Å². The summed E-state index contributed by atoms with van der Waals surface area (Å²) in [6.07, 6.45) is 1.06. The molecule has 2 aromatic rings. The zero-order chi connectivity index (χ0) is 17.3. The van der Waals surface area contributed by atoms with Gasteiger partial charge in [0.05, 0.1) is 17.6 Å². The molecule has 7 heteroatoms. The maximum absolute atomic E-state index is 12.8. The Labute approximate surface area is 140 Å². The maximum Gasteiger partial charge on any atom is 0.335 e. The Morgan fingerprint density at radius 2 is 1.92 bits per heavy atom. The van der Waals surface area contributed by atoms with Gasteiger partial charge in [-0.15, -0.1) is 0 Å². The second-order valence-corrected chi connectivity index (χ2v) is 7.70. The molecule has 2 N–H and O–H groups in total. The Kier molecular flexibility index (Phi) is 4.19. The zero-order valence-corrected chi connectivity index (χ0v) is 13.8. The van der Waals surface area contributed by atoms with E-state index in [9.17, 15) is 13.2 Å². The molecular formula is C17H17NO5S. The van der Waals surface area contributed by atoms with E-state index in [0.717, 1.165) is 17.0 Å². The topological polar surface area (TPSA) is 92.7 Å². The van der Waals surface area contributed by atoms with Crippen molar-refractivity contribution in [2.45, 2.75) is 23.1 Å². The van der Waals surface area contributed by atoms with E-state index in [-0.39, 0.29) is 10.5 Å². The van der Waals surface area contributed by atoms with Crippen LogP contribution in [0.2, 0.25) is 0 Å². The molecule has 24 heavy (non-hydrogen) atoms. The minimum absolute atomic E-state index is 0.0583. The van der Waals surface area contributed by atoms with Gasteiger partial charge in [-0.3, -0.25) is 0 Å². The highest BCUT2D eigenvalue weighted by Gasteiger charge is 2.31. The molecule has 3 rings (SSSR count). The van der Waals surface area contributed by atoms with Crippen molar-refractivity contribution in [3.8, 4) is 5.75 Å². The first-order chi connectivity index (χ1) is 11.4. The average Bonchev–Trinajstić information content (AvgIpc) is 2.60. The number of sulfone groups is 1. The minimum atomic E-state index is -3.60. The molecule has 1 aliphatic rings. The Balaban J connectivity index is 1.86. The molecule has 1 heterocycles. The molecule has 6 nitrogen and oxygen atoms in total. The zero-order valence-electron chi connectivity index (χ0n) is 13.0. The Bertz CT molecular complexity index is 874. The van der Waals surface area contributed by atoms with Gasteiger partial charge in [-0.25, -0.2) is 13.2 Å². The van der Waals surface area contributed by atoms with E-state index >= 15 is 0 Å². The number of carbonyl (C=O) groups is 1. The SMILES string of the molecule is COc1ccc2c(c1)CCC(S(=O)(=O)c1ccc(C(=O)O)cc1)N2. The number of hydrogen-bond donors (Lipinski definition) is 2. The van der Waals surface area contributed by atoms with Crippen molar-refractivity contribution in [1.29, 1.82) is 0 Å². The molecule has 0 radical (unpaired) electrons. The van der Waals surface area contributed by atoms with Gasteiger partial charge in [0.15, 0.2) is 9.84 Å². The van der Waals surface area contributed by atoms with Crippen molar-refractivity contribution in [3.63, 3.8) is 0 Å². The number of methoxy groups -OCH3 is 1. The second-order valence-electron chi connectivity index (χ2n) is 5.57. The molecule has 0 saturated heterocycles. The first-order valence-corrected chi connectivity index (χ1v) is 8.97. The van der Waals surface area contributed by atoms with Crippen LogP contribution in [0.4, 0.5) is 5.69 Å². The number of nitrogens with one attached hydrogen (secondary N) is 1. The highest BCUT2D eigenvalue weighted by atomic mass is 32.2. The Hall–Kier alpha value is -2.54. The van der Waals surface area contributed by atoms with E-state index in [1.54, 1.807) is 13.2 Å². The molecule has 0 aliphatic carbocycles. The highest BCUT2D eigenvalue weighted by Crippen LogP contribution is 2.32. The van der Waals surface area contributed by atoms with Gasteiger partial charge in [0.1, 0.15) is 11.1 Å². The summed E-state index contributed by atoms with van der Waals surface area (Å²) in [7, 11) is -2.01. The van der Waals surface area contributed by atoms with E-state index in [1.165, 1.54) is 24.3 Å². The fourth-order valence-electron chi connectivity index (χ4n) is 2.76. The number of aryl methyl sites for hydroxylation is 1. The number of ether oxygens (including phenoxy) is 1. The molecule has 0 amide bonds. The number of hydrogen-bond acceptors (Lipinski definition) is 5.